The van der Waals surface area contributed by atoms with Crippen LogP contribution in [0.5, 0.6) is 0 Å². The molecule has 1 aromatic heterocycles. The van der Waals surface area contributed by atoms with Gasteiger partial charge in [-0.05, 0) is 38.7 Å². The topological polar surface area (TPSA) is 38.0 Å². The Morgan fingerprint density at radius 3 is 2.73 bits per heavy atom. The molecule has 1 aliphatic rings. The van der Waals surface area contributed by atoms with Crippen molar-refractivity contribution >= 4 is 0 Å². The van der Waals surface area contributed by atoms with Gasteiger partial charge < -0.3 is 5.11 Å². The zero-order chi connectivity index (χ0) is 10.8. The first kappa shape index (κ1) is 10.7. The van der Waals surface area contributed by atoms with Crippen molar-refractivity contribution in [1.82, 2.24) is 9.78 Å². The van der Waals surface area contributed by atoms with Crippen LogP contribution in [0.15, 0.2) is 12.3 Å². The van der Waals surface area contributed by atoms with E-state index in [1.54, 1.807) is 0 Å². The molecule has 1 heterocycles. The number of rotatable bonds is 4. The van der Waals surface area contributed by atoms with E-state index in [0.29, 0.717) is 18.4 Å². The Bertz CT molecular complexity index is 315. The van der Waals surface area contributed by atoms with Gasteiger partial charge in [-0.2, -0.15) is 5.10 Å². The molecule has 15 heavy (non-hydrogen) atoms. The first-order chi connectivity index (χ1) is 7.16. The highest BCUT2D eigenvalue weighted by Crippen LogP contribution is 2.30. The third-order valence-electron chi connectivity index (χ3n) is 3.30. The average Bonchev–Trinajstić information content (AvgIpc) is 2.48. The lowest BCUT2D eigenvalue weighted by Gasteiger charge is -2.29. The lowest BCUT2D eigenvalue weighted by atomic mass is 9.80. The molecule has 0 spiro atoms. The monoisotopic (exact) mass is 208 g/mol. The molecule has 0 radical (unpaired) electrons. The molecule has 1 saturated carbocycles. The van der Waals surface area contributed by atoms with Crippen LogP contribution < -0.4 is 0 Å². The van der Waals surface area contributed by atoms with Crippen LogP contribution in [0.4, 0.5) is 0 Å². The van der Waals surface area contributed by atoms with Gasteiger partial charge in [0.05, 0.1) is 11.8 Å². The number of hydrogen-bond donors (Lipinski definition) is 1. The highest BCUT2D eigenvalue weighted by Gasteiger charge is 2.26. The Labute approximate surface area is 91.1 Å². The molecule has 1 atom stereocenters. The normalized spacial score (nSPS) is 19.2. The van der Waals surface area contributed by atoms with E-state index in [-0.39, 0.29) is 6.10 Å². The molecule has 3 nitrogen and oxygen atoms in total. The van der Waals surface area contributed by atoms with E-state index in [9.17, 15) is 5.11 Å². The predicted octanol–water partition coefficient (Wildman–Crippen LogP) is 2.17. The third kappa shape index (κ3) is 2.40. The average molecular weight is 208 g/mol. The molecule has 1 aliphatic carbocycles. The van der Waals surface area contributed by atoms with Crippen molar-refractivity contribution in [2.24, 2.45) is 5.92 Å². The van der Waals surface area contributed by atoms with Gasteiger partial charge >= 0.3 is 0 Å². The Balaban J connectivity index is 1.91. The van der Waals surface area contributed by atoms with E-state index in [1.807, 2.05) is 16.9 Å². The SMILES string of the molecule is CC(C)n1ccc(CC(O)C2CCC2)n1. The molecule has 1 aromatic rings. The molecule has 1 fully saturated rings. The fourth-order valence-corrected chi connectivity index (χ4v) is 1.98. The third-order valence-corrected chi connectivity index (χ3v) is 3.30. The van der Waals surface area contributed by atoms with Crippen LogP contribution in [-0.4, -0.2) is 21.0 Å². The smallest absolute Gasteiger partial charge is 0.0650 e. The fourth-order valence-electron chi connectivity index (χ4n) is 1.98. The molecule has 0 saturated heterocycles. The van der Waals surface area contributed by atoms with Crippen LogP contribution in [-0.2, 0) is 6.42 Å². The van der Waals surface area contributed by atoms with Gasteiger partial charge in [-0.15, -0.1) is 0 Å². The van der Waals surface area contributed by atoms with Gasteiger partial charge in [0.15, 0.2) is 0 Å². The highest BCUT2D eigenvalue weighted by molar-refractivity contribution is 5.02. The Morgan fingerprint density at radius 2 is 2.27 bits per heavy atom. The number of aliphatic hydroxyl groups excluding tert-OH is 1. The van der Waals surface area contributed by atoms with Crippen molar-refractivity contribution in [2.75, 3.05) is 0 Å². The van der Waals surface area contributed by atoms with Crippen molar-refractivity contribution in [2.45, 2.75) is 51.7 Å². The van der Waals surface area contributed by atoms with Crippen molar-refractivity contribution in [3.63, 3.8) is 0 Å². The summed E-state index contributed by atoms with van der Waals surface area (Å²) >= 11 is 0. The molecular formula is C12H20N2O. The van der Waals surface area contributed by atoms with Crippen molar-refractivity contribution in [1.29, 1.82) is 0 Å². The second-order valence-corrected chi connectivity index (χ2v) is 4.84. The van der Waals surface area contributed by atoms with Gasteiger partial charge in [0.1, 0.15) is 0 Å². The molecule has 3 heteroatoms. The van der Waals surface area contributed by atoms with E-state index in [2.05, 4.69) is 18.9 Å². The van der Waals surface area contributed by atoms with Crippen molar-refractivity contribution in [3.05, 3.63) is 18.0 Å². The Kier molecular flexibility index (Phi) is 3.10. The molecule has 2 rings (SSSR count). The standard InChI is InChI=1S/C12H20N2O/c1-9(2)14-7-6-11(13-14)8-12(15)10-4-3-5-10/h6-7,9-10,12,15H,3-5,8H2,1-2H3. The number of nitrogens with zero attached hydrogens (tertiary/aromatic N) is 2. The maximum Gasteiger partial charge on any atom is 0.0650 e. The first-order valence-electron chi connectivity index (χ1n) is 5.89. The number of aromatic nitrogens is 2. The fraction of sp³-hybridized carbons (Fsp3) is 0.750. The Hall–Kier alpha value is -0.830. The van der Waals surface area contributed by atoms with Crippen molar-refractivity contribution in [3.8, 4) is 0 Å². The minimum atomic E-state index is -0.186. The quantitative estimate of drug-likeness (QED) is 0.823. The zero-order valence-electron chi connectivity index (χ0n) is 9.56. The van der Waals surface area contributed by atoms with Gasteiger partial charge in [-0.25, -0.2) is 0 Å². The summed E-state index contributed by atoms with van der Waals surface area (Å²) in [6, 6.07) is 2.42. The summed E-state index contributed by atoms with van der Waals surface area (Å²) < 4.78 is 1.95. The molecule has 84 valence electrons. The van der Waals surface area contributed by atoms with Gasteiger partial charge in [0.2, 0.25) is 0 Å². The largest absolute Gasteiger partial charge is 0.392 e. The van der Waals surface area contributed by atoms with E-state index >= 15 is 0 Å². The van der Waals surface area contributed by atoms with Crippen LogP contribution in [0.25, 0.3) is 0 Å². The van der Waals surface area contributed by atoms with E-state index in [0.717, 1.165) is 5.69 Å². The van der Waals surface area contributed by atoms with Crippen LogP contribution >= 0.6 is 0 Å². The number of hydrogen-bond acceptors (Lipinski definition) is 2. The summed E-state index contributed by atoms with van der Waals surface area (Å²) in [5.74, 6) is 0.522. The summed E-state index contributed by atoms with van der Waals surface area (Å²) in [7, 11) is 0. The first-order valence-corrected chi connectivity index (χ1v) is 5.89. The second-order valence-electron chi connectivity index (χ2n) is 4.84. The van der Waals surface area contributed by atoms with E-state index in [1.165, 1.54) is 19.3 Å². The molecule has 1 unspecified atom stereocenters. The van der Waals surface area contributed by atoms with Gasteiger partial charge in [-0.1, -0.05) is 6.42 Å². The minimum Gasteiger partial charge on any atom is -0.392 e. The molecule has 0 bridgehead atoms. The minimum absolute atomic E-state index is 0.186. The Morgan fingerprint density at radius 1 is 1.53 bits per heavy atom. The van der Waals surface area contributed by atoms with Crippen molar-refractivity contribution < 1.29 is 5.11 Å². The van der Waals surface area contributed by atoms with Crippen LogP contribution in [0.2, 0.25) is 0 Å². The predicted molar refractivity (Wildman–Crippen MR) is 59.7 cm³/mol. The van der Waals surface area contributed by atoms with Gasteiger partial charge in [0, 0.05) is 18.7 Å². The lowest BCUT2D eigenvalue weighted by Crippen LogP contribution is -2.28. The molecule has 0 amide bonds. The van der Waals surface area contributed by atoms with E-state index in [4.69, 9.17) is 0 Å². The van der Waals surface area contributed by atoms with Crippen LogP contribution in [0.3, 0.4) is 0 Å². The van der Waals surface area contributed by atoms with Crippen LogP contribution in [0.1, 0.15) is 44.8 Å². The van der Waals surface area contributed by atoms with Crippen LogP contribution in [0, 0.1) is 5.92 Å². The number of aliphatic hydroxyl groups is 1. The summed E-state index contributed by atoms with van der Waals surface area (Å²) in [4.78, 5) is 0. The molecule has 1 N–H and O–H groups in total. The molecule has 0 aliphatic heterocycles. The van der Waals surface area contributed by atoms with Gasteiger partial charge in [-0.3, -0.25) is 4.68 Å². The molecule has 0 aromatic carbocycles. The zero-order valence-corrected chi connectivity index (χ0v) is 9.56. The second kappa shape index (κ2) is 4.35. The molecular weight excluding hydrogens is 188 g/mol. The van der Waals surface area contributed by atoms with Gasteiger partial charge in [0.25, 0.3) is 0 Å². The summed E-state index contributed by atoms with van der Waals surface area (Å²) in [6.07, 6.45) is 6.17. The summed E-state index contributed by atoms with van der Waals surface area (Å²) in [5, 5.41) is 14.4. The summed E-state index contributed by atoms with van der Waals surface area (Å²) in [6.45, 7) is 4.22. The maximum atomic E-state index is 9.92. The maximum absolute atomic E-state index is 9.92. The summed E-state index contributed by atoms with van der Waals surface area (Å²) in [5.41, 5.74) is 1.02. The highest BCUT2D eigenvalue weighted by atomic mass is 16.3. The lowest BCUT2D eigenvalue weighted by molar-refractivity contribution is 0.0621. The van der Waals surface area contributed by atoms with E-state index < -0.39 is 0 Å².